The van der Waals surface area contributed by atoms with Gasteiger partial charge in [-0.15, -0.1) is 0 Å². The molecule has 5 fully saturated rings. The standard InChI is InChI=1S/C30H52O2/c1-19(2)9-8-10-20(3)21-11-13-28(7)25-22(31)17-23-26(4,5)24(32)12-14-29(23)18-30(25,29)16-15-27(21,28)6/h19-25,31-32H,8-18H2,1-7H3. The Kier molecular flexibility index (Phi) is 5.34. The van der Waals surface area contributed by atoms with Gasteiger partial charge in [0.1, 0.15) is 0 Å². The van der Waals surface area contributed by atoms with Crippen LogP contribution in [0.5, 0.6) is 0 Å². The minimum absolute atomic E-state index is 0.0570. The fourth-order valence-electron chi connectivity index (χ4n) is 11.3. The van der Waals surface area contributed by atoms with Crippen molar-refractivity contribution in [3.63, 3.8) is 0 Å². The first-order valence-electron chi connectivity index (χ1n) is 14.2. The highest BCUT2D eigenvalue weighted by molar-refractivity contribution is 5.32. The number of hydrogen-bond acceptors (Lipinski definition) is 2. The van der Waals surface area contributed by atoms with Gasteiger partial charge in [-0.3, -0.25) is 0 Å². The predicted molar refractivity (Wildman–Crippen MR) is 132 cm³/mol. The Hall–Kier alpha value is -0.0800. The summed E-state index contributed by atoms with van der Waals surface area (Å²) in [5.74, 6) is 3.41. The lowest BCUT2D eigenvalue weighted by atomic mass is 9.41. The van der Waals surface area contributed by atoms with Crippen molar-refractivity contribution in [1.29, 1.82) is 0 Å². The summed E-state index contributed by atoms with van der Waals surface area (Å²) >= 11 is 0. The van der Waals surface area contributed by atoms with E-state index in [-0.39, 0.29) is 23.0 Å². The van der Waals surface area contributed by atoms with E-state index in [9.17, 15) is 10.2 Å². The molecule has 5 rings (SSSR count). The maximum Gasteiger partial charge on any atom is 0.0594 e. The van der Waals surface area contributed by atoms with Crippen molar-refractivity contribution in [2.75, 3.05) is 0 Å². The van der Waals surface area contributed by atoms with Gasteiger partial charge in [0.15, 0.2) is 0 Å². The normalized spacial score (nSPS) is 54.4. The smallest absolute Gasteiger partial charge is 0.0594 e. The molecule has 0 bridgehead atoms. The van der Waals surface area contributed by atoms with E-state index in [1.165, 1.54) is 57.8 Å². The van der Waals surface area contributed by atoms with Crippen LogP contribution in [-0.4, -0.2) is 22.4 Å². The van der Waals surface area contributed by atoms with Gasteiger partial charge in [0, 0.05) is 0 Å². The van der Waals surface area contributed by atoms with Gasteiger partial charge >= 0.3 is 0 Å². The number of fused-ring (bicyclic) bond motifs is 2. The molecule has 5 aliphatic rings. The molecule has 0 heterocycles. The SMILES string of the molecule is CC(C)CCCC(C)C1CCC2(C)C3C(O)CC4C(C)(C)C(O)CCC45CC35CCC12C. The molecular formula is C30H52O2. The Bertz CT molecular complexity index is 743. The monoisotopic (exact) mass is 444 g/mol. The zero-order chi connectivity index (χ0) is 23.3. The van der Waals surface area contributed by atoms with E-state index < -0.39 is 0 Å². The van der Waals surface area contributed by atoms with Crippen molar-refractivity contribution in [3.8, 4) is 0 Å². The molecule has 0 aromatic rings. The molecule has 2 nitrogen and oxygen atoms in total. The van der Waals surface area contributed by atoms with E-state index in [1.54, 1.807) is 0 Å². The third-order valence-corrected chi connectivity index (χ3v) is 13.2. The lowest BCUT2D eigenvalue weighted by Crippen LogP contribution is -2.61. The molecule has 2 spiro atoms. The molecular weight excluding hydrogens is 392 g/mol. The second-order valence-corrected chi connectivity index (χ2v) is 15.0. The fraction of sp³-hybridized carbons (Fsp3) is 1.00. The molecule has 2 heteroatoms. The third-order valence-electron chi connectivity index (χ3n) is 13.2. The minimum atomic E-state index is -0.202. The van der Waals surface area contributed by atoms with Crippen LogP contribution in [-0.2, 0) is 0 Å². The van der Waals surface area contributed by atoms with E-state index in [0.29, 0.717) is 28.1 Å². The maximum absolute atomic E-state index is 11.8. The zero-order valence-corrected chi connectivity index (χ0v) is 22.2. The quantitative estimate of drug-likeness (QED) is 0.470. The number of aliphatic hydroxyl groups is 2. The largest absolute Gasteiger partial charge is 0.393 e. The van der Waals surface area contributed by atoms with Crippen molar-refractivity contribution < 1.29 is 10.2 Å². The summed E-state index contributed by atoms with van der Waals surface area (Å²) in [7, 11) is 0. The second-order valence-electron chi connectivity index (χ2n) is 15.0. The highest BCUT2D eigenvalue weighted by atomic mass is 16.3. The highest BCUT2D eigenvalue weighted by Crippen LogP contribution is 2.89. The van der Waals surface area contributed by atoms with Gasteiger partial charge in [-0.1, -0.05) is 67.7 Å². The summed E-state index contributed by atoms with van der Waals surface area (Å²) in [6.45, 7) is 17.1. The van der Waals surface area contributed by atoms with Crippen LogP contribution in [0.1, 0.15) is 119 Å². The molecule has 0 radical (unpaired) electrons. The zero-order valence-electron chi connectivity index (χ0n) is 22.2. The van der Waals surface area contributed by atoms with E-state index >= 15 is 0 Å². The third kappa shape index (κ3) is 2.78. The summed E-state index contributed by atoms with van der Waals surface area (Å²) in [5, 5.41) is 22.7. The molecule has 32 heavy (non-hydrogen) atoms. The van der Waals surface area contributed by atoms with Gasteiger partial charge in [-0.05, 0) is 108 Å². The topological polar surface area (TPSA) is 40.5 Å². The molecule has 5 aliphatic carbocycles. The van der Waals surface area contributed by atoms with Crippen LogP contribution in [0.3, 0.4) is 0 Å². The molecule has 0 aromatic heterocycles. The van der Waals surface area contributed by atoms with Crippen molar-refractivity contribution in [1.82, 2.24) is 0 Å². The summed E-state index contributed by atoms with van der Waals surface area (Å²) in [4.78, 5) is 0. The first-order valence-corrected chi connectivity index (χ1v) is 14.2. The Morgan fingerprint density at radius 3 is 2.22 bits per heavy atom. The molecule has 0 amide bonds. The first kappa shape index (κ1) is 23.7. The molecule has 5 saturated carbocycles. The Labute approximate surface area is 198 Å². The molecule has 0 saturated heterocycles. The van der Waals surface area contributed by atoms with Gasteiger partial charge in [0.05, 0.1) is 12.2 Å². The van der Waals surface area contributed by atoms with Crippen LogP contribution in [0.4, 0.5) is 0 Å². The number of hydrogen-bond donors (Lipinski definition) is 2. The number of aliphatic hydroxyl groups excluding tert-OH is 2. The van der Waals surface area contributed by atoms with Crippen molar-refractivity contribution in [2.45, 2.75) is 131 Å². The lowest BCUT2D eigenvalue weighted by Gasteiger charge is -2.64. The van der Waals surface area contributed by atoms with E-state index in [0.717, 1.165) is 30.6 Å². The maximum atomic E-state index is 11.8. The van der Waals surface area contributed by atoms with Crippen LogP contribution < -0.4 is 0 Å². The molecule has 10 atom stereocenters. The van der Waals surface area contributed by atoms with Gasteiger partial charge < -0.3 is 10.2 Å². The summed E-state index contributed by atoms with van der Waals surface area (Å²) in [5.41, 5.74) is 1.36. The Morgan fingerprint density at radius 2 is 1.53 bits per heavy atom. The highest BCUT2D eigenvalue weighted by Gasteiger charge is 2.83. The second kappa shape index (κ2) is 7.22. The van der Waals surface area contributed by atoms with Gasteiger partial charge in [0.25, 0.3) is 0 Å². The van der Waals surface area contributed by atoms with Gasteiger partial charge in [-0.25, -0.2) is 0 Å². The average Bonchev–Trinajstić information content (AvgIpc) is 3.26. The summed E-state index contributed by atoms with van der Waals surface area (Å²) in [6, 6.07) is 0. The fourth-order valence-corrected chi connectivity index (χ4v) is 11.3. The van der Waals surface area contributed by atoms with Crippen molar-refractivity contribution in [3.05, 3.63) is 0 Å². The Morgan fingerprint density at radius 1 is 0.812 bits per heavy atom. The van der Waals surface area contributed by atoms with Crippen LogP contribution in [0.15, 0.2) is 0 Å². The van der Waals surface area contributed by atoms with E-state index in [4.69, 9.17) is 0 Å². The lowest BCUT2D eigenvalue weighted by molar-refractivity contribution is -0.201. The molecule has 184 valence electrons. The predicted octanol–water partition coefficient (Wildman–Crippen LogP) is 7.22. The molecule has 0 aliphatic heterocycles. The molecule has 10 unspecified atom stereocenters. The first-order chi connectivity index (χ1) is 14.9. The number of rotatable bonds is 5. The van der Waals surface area contributed by atoms with E-state index in [2.05, 4.69) is 48.5 Å². The summed E-state index contributed by atoms with van der Waals surface area (Å²) < 4.78 is 0. The molecule has 2 N–H and O–H groups in total. The minimum Gasteiger partial charge on any atom is -0.393 e. The Balaban J connectivity index is 1.43. The van der Waals surface area contributed by atoms with Gasteiger partial charge in [0.2, 0.25) is 0 Å². The van der Waals surface area contributed by atoms with E-state index in [1.807, 2.05) is 0 Å². The molecule has 0 aromatic carbocycles. The van der Waals surface area contributed by atoms with Crippen molar-refractivity contribution in [2.24, 2.45) is 56.7 Å². The van der Waals surface area contributed by atoms with Crippen molar-refractivity contribution >= 4 is 0 Å². The van der Waals surface area contributed by atoms with Crippen LogP contribution in [0, 0.1) is 56.7 Å². The van der Waals surface area contributed by atoms with Gasteiger partial charge in [-0.2, -0.15) is 0 Å². The van der Waals surface area contributed by atoms with Crippen LogP contribution >= 0.6 is 0 Å². The average molecular weight is 445 g/mol. The summed E-state index contributed by atoms with van der Waals surface area (Å²) in [6.07, 6.45) is 13.6. The van der Waals surface area contributed by atoms with Crippen LogP contribution in [0.25, 0.3) is 0 Å². The van der Waals surface area contributed by atoms with Crippen LogP contribution in [0.2, 0.25) is 0 Å².